The minimum Gasteiger partial charge on any atom is -0.325 e. The minimum absolute atomic E-state index is 0.0736. The highest BCUT2D eigenvalue weighted by Crippen LogP contribution is 2.30. The van der Waals surface area contributed by atoms with E-state index in [4.69, 9.17) is 0 Å². The third-order valence-corrected chi connectivity index (χ3v) is 3.22. The van der Waals surface area contributed by atoms with Crippen LogP contribution in [0, 0.1) is 0 Å². The lowest BCUT2D eigenvalue weighted by molar-refractivity contribution is -0.0957. The van der Waals surface area contributed by atoms with E-state index in [9.17, 15) is 18.0 Å². The molecule has 2 amide bonds. The monoisotopic (exact) mass is 248 g/mol. The van der Waals surface area contributed by atoms with E-state index in [1.165, 1.54) is 4.90 Å². The number of hydrogen-bond acceptors (Lipinski definition) is 1. The number of urea groups is 1. The number of amides is 2. The van der Waals surface area contributed by atoms with Crippen LogP contribution in [0.5, 0.6) is 0 Å². The van der Waals surface area contributed by atoms with Crippen LogP contribution in [0.25, 0.3) is 0 Å². The normalized spacial score (nSPS) is 21.7. The summed E-state index contributed by atoms with van der Waals surface area (Å²) in [4.78, 5) is 15.1. The number of likely N-dealkylation sites (tertiary alicyclic amines) is 1. The molecule has 0 unspecified atom stereocenters. The first-order chi connectivity index (χ1) is 7.98. The molecule has 96 valence electrons. The number of carbonyl (C=O) groups is 1. The van der Waals surface area contributed by atoms with Crippen LogP contribution in [0.3, 0.4) is 0 Å². The van der Waals surface area contributed by atoms with Crippen molar-refractivity contribution in [3.63, 3.8) is 0 Å². The zero-order chi connectivity index (χ0) is 12.5. The van der Waals surface area contributed by atoms with Crippen LogP contribution >= 0.6 is 0 Å². The van der Waals surface area contributed by atoms with Crippen molar-refractivity contribution >= 4 is 6.03 Å². The summed E-state index contributed by atoms with van der Waals surface area (Å²) in [7, 11) is 0. The Kier molecular flexibility index (Phi) is 3.31. The van der Waals surface area contributed by atoms with Crippen LogP contribution in [-0.2, 0) is 0 Å². The molecule has 0 aliphatic carbocycles. The number of carbonyl (C=O) groups excluding carboxylic acids is 1. The Morgan fingerprint density at radius 1 is 1.12 bits per heavy atom. The minimum atomic E-state index is -4.25. The van der Waals surface area contributed by atoms with Gasteiger partial charge in [0, 0.05) is 31.8 Å². The molecular formula is C11H15F3N2O. The van der Waals surface area contributed by atoms with Crippen LogP contribution in [0.15, 0.2) is 11.6 Å². The molecule has 0 bridgehead atoms. The zero-order valence-corrected chi connectivity index (χ0v) is 9.46. The third-order valence-electron chi connectivity index (χ3n) is 3.22. The molecule has 0 radical (unpaired) electrons. The van der Waals surface area contributed by atoms with Crippen LogP contribution in [0.4, 0.5) is 18.0 Å². The summed E-state index contributed by atoms with van der Waals surface area (Å²) in [5.74, 6) is 0. The maximum atomic E-state index is 12.4. The maximum Gasteiger partial charge on any atom is 0.412 e. The average molecular weight is 248 g/mol. The van der Waals surface area contributed by atoms with E-state index in [1.54, 1.807) is 4.90 Å². The first kappa shape index (κ1) is 12.3. The third kappa shape index (κ3) is 2.73. The van der Waals surface area contributed by atoms with E-state index < -0.39 is 11.7 Å². The zero-order valence-electron chi connectivity index (χ0n) is 9.46. The molecule has 1 fully saturated rings. The fourth-order valence-corrected chi connectivity index (χ4v) is 2.21. The molecule has 2 rings (SSSR count). The molecule has 6 heteroatoms. The molecule has 2 heterocycles. The van der Waals surface area contributed by atoms with Crippen LogP contribution in [0.2, 0.25) is 0 Å². The second-order valence-corrected chi connectivity index (χ2v) is 4.40. The van der Waals surface area contributed by atoms with Gasteiger partial charge in [-0.25, -0.2) is 4.79 Å². The standard InChI is InChI=1S/C11H15F3N2O/c12-11(13,14)9-3-7-16(8-4-9)10(17)15-5-1-2-6-15/h3H,1-2,4-8H2. The second-order valence-electron chi connectivity index (χ2n) is 4.40. The van der Waals surface area contributed by atoms with Gasteiger partial charge in [0.2, 0.25) is 0 Å². The second kappa shape index (κ2) is 4.58. The van der Waals surface area contributed by atoms with E-state index in [1.807, 2.05) is 0 Å². The number of hydrogen-bond donors (Lipinski definition) is 0. The van der Waals surface area contributed by atoms with Crippen LogP contribution < -0.4 is 0 Å². The van der Waals surface area contributed by atoms with E-state index >= 15 is 0 Å². The van der Waals surface area contributed by atoms with Crippen molar-refractivity contribution in [2.24, 2.45) is 0 Å². The summed E-state index contributed by atoms with van der Waals surface area (Å²) in [6.45, 7) is 1.70. The highest BCUT2D eigenvalue weighted by molar-refractivity contribution is 5.75. The highest BCUT2D eigenvalue weighted by atomic mass is 19.4. The highest BCUT2D eigenvalue weighted by Gasteiger charge is 2.36. The largest absolute Gasteiger partial charge is 0.412 e. The summed E-state index contributed by atoms with van der Waals surface area (Å²) >= 11 is 0. The van der Waals surface area contributed by atoms with Gasteiger partial charge in [0.05, 0.1) is 0 Å². The molecule has 2 aliphatic heterocycles. The molecule has 0 spiro atoms. The summed E-state index contributed by atoms with van der Waals surface area (Å²) in [6.07, 6.45) is -1.24. The fraction of sp³-hybridized carbons (Fsp3) is 0.727. The summed E-state index contributed by atoms with van der Waals surface area (Å²) in [5.41, 5.74) is -0.511. The number of rotatable bonds is 0. The maximum absolute atomic E-state index is 12.4. The van der Waals surface area contributed by atoms with Crippen molar-refractivity contribution in [3.05, 3.63) is 11.6 Å². The van der Waals surface area contributed by atoms with Crippen LogP contribution in [-0.4, -0.2) is 48.2 Å². The lowest BCUT2D eigenvalue weighted by Gasteiger charge is -2.30. The van der Waals surface area contributed by atoms with Gasteiger partial charge in [0.1, 0.15) is 0 Å². The molecule has 0 atom stereocenters. The predicted molar refractivity (Wildman–Crippen MR) is 56.5 cm³/mol. The van der Waals surface area contributed by atoms with Crippen LogP contribution in [0.1, 0.15) is 19.3 Å². The molecule has 0 aromatic rings. The van der Waals surface area contributed by atoms with E-state index in [0.29, 0.717) is 0 Å². The first-order valence-electron chi connectivity index (χ1n) is 5.78. The van der Waals surface area contributed by atoms with Crippen molar-refractivity contribution in [3.8, 4) is 0 Å². The molecule has 3 nitrogen and oxygen atoms in total. The molecule has 0 saturated carbocycles. The lowest BCUT2D eigenvalue weighted by Crippen LogP contribution is -2.44. The summed E-state index contributed by atoms with van der Waals surface area (Å²) in [6, 6.07) is -0.125. The predicted octanol–water partition coefficient (Wildman–Crippen LogP) is 2.40. The van der Waals surface area contributed by atoms with Gasteiger partial charge in [-0.15, -0.1) is 0 Å². The van der Waals surface area contributed by atoms with Crippen molar-refractivity contribution < 1.29 is 18.0 Å². The first-order valence-corrected chi connectivity index (χ1v) is 5.78. The van der Waals surface area contributed by atoms with Gasteiger partial charge >= 0.3 is 12.2 Å². The Balaban J connectivity index is 1.94. The number of halogens is 3. The molecule has 0 aromatic heterocycles. The Labute approximate surface area is 97.9 Å². The lowest BCUT2D eigenvalue weighted by atomic mass is 10.1. The van der Waals surface area contributed by atoms with Gasteiger partial charge in [0.15, 0.2) is 0 Å². The molecular weight excluding hydrogens is 233 g/mol. The summed E-state index contributed by atoms with van der Waals surface area (Å²) in [5, 5.41) is 0. The quantitative estimate of drug-likeness (QED) is 0.604. The smallest absolute Gasteiger partial charge is 0.325 e. The van der Waals surface area contributed by atoms with E-state index in [2.05, 4.69) is 0 Å². The van der Waals surface area contributed by atoms with E-state index in [-0.39, 0.29) is 25.5 Å². The Morgan fingerprint density at radius 3 is 2.24 bits per heavy atom. The van der Waals surface area contributed by atoms with Gasteiger partial charge in [0.25, 0.3) is 0 Å². The fourth-order valence-electron chi connectivity index (χ4n) is 2.21. The summed E-state index contributed by atoms with van der Waals surface area (Å²) < 4.78 is 37.2. The molecule has 1 saturated heterocycles. The molecule has 0 aromatic carbocycles. The van der Waals surface area contributed by atoms with Crippen molar-refractivity contribution in [1.29, 1.82) is 0 Å². The molecule has 2 aliphatic rings. The Bertz CT molecular complexity index is 332. The Hall–Kier alpha value is -1.20. The van der Waals surface area contributed by atoms with Gasteiger partial charge in [-0.3, -0.25) is 0 Å². The number of alkyl halides is 3. The van der Waals surface area contributed by atoms with E-state index in [0.717, 1.165) is 32.0 Å². The topological polar surface area (TPSA) is 23.6 Å². The SMILES string of the molecule is O=C(N1CC=C(C(F)(F)F)CC1)N1CCCC1. The molecule has 17 heavy (non-hydrogen) atoms. The van der Waals surface area contributed by atoms with Crippen molar-refractivity contribution in [2.45, 2.75) is 25.4 Å². The van der Waals surface area contributed by atoms with Gasteiger partial charge in [-0.05, 0) is 19.3 Å². The van der Waals surface area contributed by atoms with Crippen molar-refractivity contribution in [2.75, 3.05) is 26.2 Å². The number of nitrogens with zero attached hydrogens (tertiary/aromatic N) is 2. The molecule has 0 N–H and O–H groups in total. The average Bonchev–Trinajstić information content (AvgIpc) is 2.80. The Morgan fingerprint density at radius 2 is 1.76 bits per heavy atom. The van der Waals surface area contributed by atoms with Crippen molar-refractivity contribution in [1.82, 2.24) is 9.80 Å². The van der Waals surface area contributed by atoms with Gasteiger partial charge in [-0.2, -0.15) is 13.2 Å². The van der Waals surface area contributed by atoms with Gasteiger partial charge in [-0.1, -0.05) is 6.08 Å². The van der Waals surface area contributed by atoms with Gasteiger partial charge < -0.3 is 9.80 Å².